The molecule has 7 aromatic rings. The molecule has 87 heavy (non-hydrogen) atoms. The number of imide groups is 2. The fourth-order valence-electron chi connectivity index (χ4n) is 10.3. The van der Waals surface area contributed by atoms with Crippen molar-refractivity contribution in [2.45, 2.75) is 91.7 Å². The summed E-state index contributed by atoms with van der Waals surface area (Å²) in [5, 5.41) is 22.8. The summed E-state index contributed by atoms with van der Waals surface area (Å²) in [6.45, 7) is 10.1. The van der Waals surface area contributed by atoms with Gasteiger partial charge >= 0.3 is 0 Å². The van der Waals surface area contributed by atoms with Crippen LogP contribution in [0.25, 0.3) is 22.1 Å². The van der Waals surface area contributed by atoms with Crippen molar-refractivity contribution in [2.24, 2.45) is 11.5 Å². The van der Waals surface area contributed by atoms with E-state index in [1.807, 2.05) is 13.8 Å². The van der Waals surface area contributed by atoms with Crippen LogP contribution in [-0.4, -0.2) is 168 Å². The molecular weight excluding hydrogens is 1130 g/mol. The number of aryl methyl sites for hydroxylation is 6. The number of nitrogens with zero attached hydrogens (tertiary/aromatic N) is 9. The van der Waals surface area contributed by atoms with Crippen LogP contribution < -0.4 is 38.1 Å². The quantitative estimate of drug-likeness (QED) is 0.0243. The van der Waals surface area contributed by atoms with E-state index in [4.69, 9.17) is 40.4 Å². The van der Waals surface area contributed by atoms with Crippen LogP contribution in [-0.2, 0) is 59.5 Å². The number of piperidine rings is 1. The van der Waals surface area contributed by atoms with Crippen molar-refractivity contribution in [3.63, 3.8) is 0 Å². The number of nitrogens with two attached hydrogens (primary N) is 2. The summed E-state index contributed by atoms with van der Waals surface area (Å²) in [7, 11) is 0. The Hall–Kier alpha value is -9.71. The summed E-state index contributed by atoms with van der Waals surface area (Å²) in [5.74, 6) is -4.66. The van der Waals surface area contributed by atoms with Crippen LogP contribution in [0.4, 0.5) is 17.6 Å². The highest BCUT2D eigenvalue weighted by Gasteiger charge is 2.45. The maximum atomic E-state index is 13.8. The van der Waals surface area contributed by atoms with E-state index in [2.05, 4.69) is 36.8 Å². The maximum Gasteiger partial charge on any atom is 0.276 e. The van der Waals surface area contributed by atoms with Gasteiger partial charge in [-0.1, -0.05) is 6.07 Å². The zero-order chi connectivity index (χ0) is 61.9. The summed E-state index contributed by atoms with van der Waals surface area (Å²) in [4.78, 5) is 127. The molecule has 0 radical (unpaired) electrons. The lowest BCUT2D eigenvalue weighted by Gasteiger charge is -2.27. The summed E-state index contributed by atoms with van der Waals surface area (Å²) < 4.78 is 30.1. The molecule has 1 atom stereocenters. The molecule has 0 spiro atoms. The fourth-order valence-corrected chi connectivity index (χ4v) is 10.3. The highest BCUT2D eigenvalue weighted by Crippen LogP contribution is 2.33. The van der Waals surface area contributed by atoms with E-state index in [9.17, 15) is 43.2 Å². The van der Waals surface area contributed by atoms with Gasteiger partial charge in [-0.3, -0.25) is 73.4 Å². The van der Waals surface area contributed by atoms with Gasteiger partial charge in [-0.2, -0.15) is 10.2 Å². The molecule has 0 bridgehead atoms. The molecule has 458 valence electrons. The molecule has 0 aliphatic carbocycles. The van der Waals surface area contributed by atoms with E-state index in [1.165, 1.54) is 18.2 Å². The predicted octanol–water partition coefficient (Wildman–Crippen LogP) is 2.68. The van der Waals surface area contributed by atoms with Gasteiger partial charge in [0.15, 0.2) is 0 Å². The van der Waals surface area contributed by atoms with E-state index < -0.39 is 65.3 Å². The lowest BCUT2D eigenvalue weighted by Crippen LogP contribution is -2.54. The Bertz CT molecular complexity index is 3630. The van der Waals surface area contributed by atoms with Crippen LogP contribution in [0.3, 0.4) is 0 Å². The van der Waals surface area contributed by atoms with Crippen LogP contribution in [0, 0.1) is 13.8 Å². The van der Waals surface area contributed by atoms with Crippen molar-refractivity contribution in [2.75, 3.05) is 75.3 Å². The third-order valence-electron chi connectivity index (χ3n) is 14.5. The first-order chi connectivity index (χ1) is 41.9. The van der Waals surface area contributed by atoms with Gasteiger partial charge in [0.1, 0.15) is 24.0 Å². The molecule has 4 aromatic heterocycles. The molecule has 0 saturated carbocycles. The van der Waals surface area contributed by atoms with E-state index >= 15 is 0 Å². The first-order valence-electron chi connectivity index (χ1n) is 28.4. The highest BCUT2D eigenvalue weighted by atomic mass is 16.5. The van der Waals surface area contributed by atoms with Gasteiger partial charge in [0.25, 0.3) is 23.6 Å². The van der Waals surface area contributed by atoms with Crippen molar-refractivity contribution in [3.8, 4) is 0 Å². The van der Waals surface area contributed by atoms with Crippen LogP contribution in [0.15, 0.2) is 66.7 Å². The zero-order valence-corrected chi connectivity index (χ0v) is 48.5. The minimum absolute atomic E-state index is 0.0223. The van der Waals surface area contributed by atoms with Crippen LogP contribution >= 0.6 is 0 Å². The minimum Gasteiger partial charge on any atom is -0.382 e. The van der Waals surface area contributed by atoms with Gasteiger partial charge in [-0.25, -0.2) is 9.97 Å². The lowest BCUT2D eigenvalue weighted by atomic mass is 10.0. The third kappa shape index (κ3) is 14.5. The first-order valence-corrected chi connectivity index (χ1v) is 28.4. The number of hydrogen-bond acceptors (Lipinski definition) is 18. The lowest BCUT2D eigenvalue weighted by molar-refractivity contribution is -0.136. The molecule has 2 aliphatic rings. The van der Waals surface area contributed by atoms with E-state index in [0.717, 1.165) is 4.90 Å². The molecule has 1 saturated heterocycles. The number of rotatable bonds is 31. The molecule has 1 fully saturated rings. The molecular formula is C58H68N16O13. The number of hydrogen-bond donors (Lipinski definition) is 7. The fraction of sp³-hybridized carbons (Fsp3) is 0.397. The number of ether oxygens (including phenoxy) is 4. The largest absolute Gasteiger partial charge is 0.382 e. The summed E-state index contributed by atoms with van der Waals surface area (Å²) in [6, 6.07) is 16.7. The number of primary amides is 2. The molecule has 2 aliphatic heterocycles. The van der Waals surface area contributed by atoms with Gasteiger partial charge in [0.05, 0.1) is 90.3 Å². The molecule has 9 amide bonds. The van der Waals surface area contributed by atoms with Crippen molar-refractivity contribution in [3.05, 3.63) is 112 Å². The number of aromatic nitrogens is 8. The van der Waals surface area contributed by atoms with Gasteiger partial charge < -0.3 is 50.2 Å². The second-order valence-electron chi connectivity index (χ2n) is 20.5. The number of fused-ring (bicyclic) bond motifs is 3. The van der Waals surface area contributed by atoms with Crippen molar-refractivity contribution in [1.29, 1.82) is 0 Å². The van der Waals surface area contributed by atoms with Crippen LogP contribution in [0.2, 0.25) is 0 Å². The van der Waals surface area contributed by atoms with Gasteiger partial charge in [0.2, 0.25) is 41.4 Å². The Morgan fingerprint density at radius 3 is 1.72 bits per heavy atom. The van der Waals surface area contributed by atoms with E-state index in [1.54, 1.807) is 80.9 Å². The molecule has 29 heteroatoms. The van der Waals surface area contributed by atoms with Gasteiger partial charge in [-0.15, -0.1) is 0 Å². The topological polar surface area (TPSA) is 377 Å². The van der Waals surface area contributed by atoms with E-state index in [-0.39, 0.29) is 126 Å². The smallest absolute Gasteiger partial charge is 0.276 e. The van der Waals surface area contributed by atoms with E-state index in [0.29, 0.717) is 70.2 Å². The standard InChI is InChI=1S/C58H68N16O13/c1-5-72-45(28-33(3)68-72)53(80)66-57-63-40-30-35(50(59)77)10-12-42(40)70(57)20-16-37(17-21-71-43-13-11-36(51(60)78)31-41(43)64-58(71)67-54(81)46-29-34(4)69-73(46)6-2)87-32-48(76)62-19-23-85-25-27-86-26-24-84-22-18-61-39-9-7-8-38-49(39)56(83)74(55(38)82)44-14-15-47(75)65-52(44)79/h7-13,28-31,37,44,61H,5-6,14-27,32H2,1-4H3,(H2,59,77)(H2,60,78)(H,62,76)(H,63,66,80)(H,64,67,81)(H,65,75,79). The van der Waals surface area contributed by atoms with Crippen molar-refractivity contribution < 1.29 is 62.1 Å². The number of imidazole rings is 2. The average Bonchev–Trinajstić information content (AvgIpc) is 1.78. The Kier molecular flexibility index (Phi) is 19.9. The number of carbonyl (C=O) groups excluding carboxylic acids is 9. The first kappa shape index (κ1) is 61.8. The van der Waals surface area contributed by atoms with Crippen molar-refractivity contribution in [1.82, 2.24) is 54.2 Å². The zero-order valence-electron chi connectivity index (χ0n) is 48.5. The molecule has 9 N–H and O–H groups in total. The highest BCUT2D eigenvalue weighted by molar-refractivity contribution is 6.25. The number of carbonyl (C=O) groups is 9. The predicted molar refractivity (Wildman–Crippen MR) is 314 cm³/mol. The minimum atomic E-state index is -1.07. The van der Waals surface area contributed by atoms with Gasteiger partial charge in [-0.05, 0) is 108 Å². The average molecular weight is 1200 g/mol. The summed E-state index contributed by atoms with van der Waals surface area (Å²) in [5.41, 5.74) is 16.3. The second-order valence-corrected chi connectivity index (χ2v) is 20.5. The Labute approximate surface area is 497 Å². The molecule has 1 unspecified atom stereocenters. The Morgan fingerprint density at radius 1 is 0.678 bits per heavy atom. The second kappa shape index (κ2) is 28.0. The Balaban J connectivity index is 0.790. The Morgan fingerprint density at radius 2 is 1.21 bits per heavy atom. The maximum absolute atomic E-state index is 13.8. The molecule has 3 aromatic carbocycles. The third-order valence-corrected chi connectivity index (χ3v) is 14.5. The summed E-state index contributed by atoms with van der Waals surface area (Å²) in [6.07, 6.45) is -0.0892. The molecule has 6 heterocycles. The summed E-state index contributed by atoms with van der Waals surface area (Å²) >= 11 is 0. The molecule has 9 rings (SSSR count). The normalized spacial score (nSPS) is 14.1. The number of amides is 9. The van der Waals surface area contributed by atoms with Gasteiger partial charge in [0, 0.05) is 62.5 Å². The number of anilines is 3. The van der Waals surface area contributed by atoms with Crippen molar-refractivity contribution >= 4 is 92.8 Å². The SMILES string of the molecule is CCn1nc(C)cc1C(=O)Nc1nc2cc(C(N)=O)ccc2n1CCC(CCn1c(NC(=O)c2cc(C)nn2CC)nc2cc(C(N)=O)ccc21)OCC(=O)NCCOCCOCCOCCNc1cccc2c1C(=O)N(C1CCC(=O)NC1=O)C2=O. The number of benzene rings is 3. The van der Waals surface area contributed by atoms with Crippen LogP contribution in [0.5, 0.6) is 0 Å². The number of nitrogens with one attached hydrogen (secondary N) is 5. The molecule has 29 nitrogen and oxygen atoms in total. The monoisotopic (exact) mass is 1200 g/mol. The van der Waals surface area contributed by atoms with Crippen LogP contribution in [0.1, 0.15) is 113 Å².